The molecule has 0 heterocycles. The fourth-order valence-corrected chi connectivity index (χ4v) is 4.19. The molecule has 31 heavy (non-hydrogen) atoms. The standard InChI is InChI=1S/C26H30ClNO3/c1-5-6-15-31-25(26(29)30)23-17(2)22(16-28(3)4)20-9-7-8-10-21(20)24(23)18-11-13-19(27)14-12-18/h7-14,25H,5-6,15-16H2,1-4H3,(H,29,30). The molecule has 0 fully saturated rings. The van der Waals surface area contributed by atoms with Crippen molar-refractivity contribution in [3.63, 3.8) is 0 Å². The van der Waals surface area contributed by atoms with Crippen molar-refractivity contribution in [3.05, 3.63) is 70.2 Å². The van der Waals surface area contributed by atoms with Gasteiger partial charge in [0.1, 0.15) is 0 Å². The molecule has 0 aliphatic rings. The van der Waals surface area contributed by atoms with Crippen LogP contribution in [0.2, 0.25) is 5.02 Å². The summed E-state index contributed by atoms with van der Waals surface area (Å²) in [6.07, 6.45) is 0.721. The molecule has 0 saturated heterocycles. The van der Waals surface area contributed by atoms with Crippen LogP contribution < -0.4 is 0 Å². The number of hydrogen-bond donors (Lipinski definition) is 1. The number of carbonyl (C=O) groups is 1. The maximum Gasteiger partial charge on any atom is 0.337 e. The van der Waals surface area contributed by atoms with Crippen molar-refractivity contribution in [2.45, 2.75) is 39.3 Å². The zero-order valence-corrected chi connectivity index (χ0v) is 19.4. The van der Waals surface area contributed by atoms with Gasteiger partial charge in [-0.15, -0.1) is 0 Å². The lowest BCUT2D eigenvalue weighted by atomic mass is 9.84. The molecule has 0 spiro atoms. The van der Waals surface area contributed by atoms with Crippen molar-refractivity contribution in [3.8, 4) is 11.1 Å². The molecule has 0 aromatic heterocycles. The number of fused-ring (bicyclic) bond motifs is 1. The Kier molecular flexibility index (Phi) is 7.71. The number of aliphatic carboxylic acids is 1. The average Bonchev–Trinajstić information content (AvgIpc) is 2.74. The highest BCUT2D eigenvalue weighted by Gasteiger charge is 2.29. The zero-order chi connectivity index (χ0) is 22.5. The highest BCUT2D eigenvalue weighted by molar-refractivity contribution is 6.30. The summed E-state index contributed by atoms with van der Waals surface area (Å²) in [5.41, 5.74) is 4.64. The van der Waals surface area contributed by atoms with Gasteiger partial charge in [0.15, 0.2) is 6.10 Å². The summed E-state index contributed by atoms with van der Waals surface area (Å²) in [7, 11) is 4.04. The van der Waals surface area contributed by atoms with Gasteiger partial charge in [0.25, 0.3) is 0 Å². The van der Waals surface area contributed by atoms with Gasteiger partial charge in [0.05, 0.1) is 0 Å². The Hall–Kier alpha value is -2.40. The molecular formula is C26H30ClNO3. The minimum Gasteiger partial charge on any atom is -0.479 e. The van der Waals surface area contributed by atoms with E-state index in [9.17, 15) is 9.90 Å². The third-order valence-corrected chi connectivity index (χ3v) is 5.78. The summed E-state index contributed by atoms with van der Waals surface area (Å²) in [6, 6.07) is 15.8. The van der Waals surface area contributed by atoms with Crippen LogP contribution in [0.4, 0.5) is 0 Å². The average molecular weight is 440 g/mol. The van der Waals surface area contributed by atoms with E-state index >= 15 is 0 Å². The summed E-state index contributed by atoms with van der Waals surface area (Å²) in [6.45, 7) is 5.19. The number of nitrogens with zero attached hydrogens (tertiary/aromatic N) is 1. The van der Waals surface area contributed by atoms with Gasteiger partial charge in [-0.1, -0.05) is 61.3 Å². The summed E-state index contributed by atoms with van der Waals surface area (Å²) < 4.78 is 5.97. The molecule has 3 rings (SSSR count). The molecule has 0 saturated carbocycles. The number of unbranched alkanes of at least 4 members (excludes halogenated alkanes) is 1. The quantitative estimate of drug-likeness (QED) is 0.388. The Morgan fingerprint density at radius 3 is 2.32 bits per heavy atom. The Balaban J connectivity index is 2.38. The molecule has 1 atom stereocenters. The summed E-state index contributed by atoms with van der Waals surface area (Å²) >= 11 is 6.14. The first-order valence-electron chi connectivity index (χ1n) is 10.6. The van der Waals surface area contributed by atoms with Crippen molar-refractivity contribution in [1.82, 2.24) is 4.90 Å². The zero-order valence-electron chi connectivity index (χ0n) is 18.6. The van der Waals surface area contributed by atoms with Crippen LogP contribution in [0.5, 0.6) is 0 Å². The number of benzene rings is 3. The molecule has 1 unspecified atom stereocenters. The second kappa shape index (κ2) is 10.3. The topological polar surface area (TPSA) is 49.8 Å². The van der Waals surface area contributed by atoms with Crippen LogP contribution >= 0.6 is 11.6 Å². The van der Waals surface area contributed by atoms with E-state index in [2.05, 4.69) is 24.0 Å². The van der Waals surface area contributed by atoms with E-state index in [0.717, 1.165) is 51.4 Å². The minimum absolute atomic E-state index is 0.406. The molecule has 3 aromatic carbocycles. The minimum atomic E-state index is -1.04. The molecule has 5 heteroatoms. The van der Waals surface area contributed by atoms with Crippen LogP contribution in [0.25, 0.3) is 21.9 Å². The largest absolute Gasteiger partial charge is 0.479 e. The van der Waals surface area contributed by atoms with E-state index < -0.39 is 12.1 Å². The van der Waals surface area contributed by atoms with Crippen LogP contribution in [-0.2, 0) is 16.1 Å². The van der Waals surface area contributed by atoms with Gasteiger partial charge in [-0.05, 0) is 72.6 Å². The first kappa shape index (κ1) is 23.3. The number of rotatable bonds is 9. The van der Waals surface area contributed by atoms with E-state index in [1.165, 1.54) is 0 Å². The summed E-state index contributed by atoms with van der Waals surface area (Å²) in [4.78, 5) is 14.5. The van der Waals surface area contributed by atoms with Gasteiger partial charge in [-0.2, -0.15) is 0 Å². The SMILES string of the molecule is CCCCOC(C(=O)O)c1c(C)c(CN(C)C)c2ccccc2c1-c1ccc(Cl)cc1. The van der Waals surface area contributed by atoms with Crippen molar-refractivity contribution in [2.75, 3.05) is 20.7 Å². The fraction of sp³-hybridized carbons (Fsp3) is 0.346. The number of ether oxygens (including phenoxy) is 1. The van der Waals surface area contributed by atoms with Gasteiger partial charge >= 0.3 is 5.97 Å². The lowest BCUT2D eigenvalue weighted by molar-refractivity contribution is -0.151. The molecule has 0 aliphatic heterocycles. The molecule has 0 radical (unpaired) electrons. The maximum absolute atomic E-state index is 12.4. The molecule has 164 valence electrons. The third-order valence-electron chi connectivity index (χ3n) is 5.52. The smallest absolute Gasteiger partial charge is 0.337 e. The van der Waals surface area contributed by atoms with Crippen molar-refractivity contribution >= 4 is 28.3 Å². The van der Waals surface area contributed by atoms with Crippen LogP contribution in [0.3, 0.4) is 0 Å². The Bertz CT molecular complexity index is 1060. The van der Waals surface area contributed by atoms with Crippen molar-refractivity contribution in [2.24, 2.45) is 0 Å². The van der Waals surface area contributed by atoms with E-state index in [-0.39, 0.29) is 0 Å². The Morgan fingerprint density at radius 2 is 1.74 bits per heavy atom. The third kappa shape index (κ3) is 5.09. The normalized spacial score (nSPS) is 12.5. The number of carboxylic acid groups (broad SMARTS) is 1. The fourth-order valence-electron chi connectivity index (χ4n) is 4.06. The predicted molar refractivity (Wildman–Crippen MR) is 128 cm³/mol. The highest BCUT2D eigenvalue weighted by atomic mass is 35.5. The Morgan fingerprint density at radius 1 is 1.10 bits per heavy atom. The van der Waals surface area contributed by atoms with E-state index in [0.29, 0.717) is 18.2 Å². The molecule has 0 bridgehead atoms. The number of carboxylic acids is 1. The van der Waals surface area contributed by atoms with E-state index in [1.54, 1.807) is 0 Å². The van der Waals surface area contributed by atoms with Gasteiger partial charge in [-0.25, -0.2) is 4.79 Å². The molecule has 0 amide bonds. The lowest BCUT2D eigenvalue weighted by Crippen LogP contribution is -2.20. The molecular weight excluding hydrogens is 410 g/mol. The Labute approximate surface area is 189 Å². The first-order valence-corrected chi connectivity index (χ1v) is 11.0. The van der Waals surface area contributed by atoms with Crippen LogP contribution in [0.15, 0.2) is 48.5 Å². The summed E-state index contributed by atoms with van der Waals surface area (Å²) in [5, 5.41) is 12.9. The molecule has 0 aliphatic carbocycles. The lowest BCUT2D eigenvalue weighted by Gasteiger charge is -2.26. The first-order chi connectivity index (χ1) is 14.8. The summed E-state index contributed by atoms with van der Waals surface area (Å²) in [5.74, 6) is -0.972. The molecule has 1 N–H and O–H groups in total. The van der Waals surface area contributed by atoms with Crippen molar-refractivity contribution < 1.29 is 14.6 Å². The van der Waals surface area contributed by atoms with Gasteiger partial charge in [0, 0.05) is 23.7 Å². The van der Waals surface area contributed by atoms with Crippen LogP contribution in [0.1, 0.15) is 42.6 Å². The predicted octanol–water partition coefficient (Wildman–Crippen LogP) is 6.47. The number of hydrogen-bond acceptors (Lipinski definition) is 3. The monoisotopic (exact) mass is 439 g/mol. The van der Waals surface area contributed by atoms with Crippen LogP contribution in [-0.4, -0.2) is 36.7 Å². The van der Waals surface area contributed by atoms with Crippen molar-refractivity contribution in [1.29, 1.82) is 0 Å². The van der Waals surface area contributed by atoms with E-state index in [4.69, 9.17) is 16.3 Å². The van der Waals surface area contributed by atoms with Gasteiger partial charge in [-0.3, -0.25) is 0 Å². The van der Waals surface area contributed by atoms with Crippen LogP contribution in [0, 0.1) is 6.92 Å². The second-order valence-electron chi connectivity index (χ2n) is 8.13. The van der Waals surface area contributed by atoms with Gasteiger partial charge in [0.2, 0.25) is 0 Å². The highest BCUT2D eigenvalue weighted by Crippen LogP contribution is 2.42. The van der Waals surface area contributed by atoms with E-state index in [1.807, 2.05) is 57.4 Å². The van der Waals surface area contributed by atoms with Gasteiger partial charge < -0.3 is 14.7 Å². The number of halogens is 1. The molecule has 3 aromatic rings. The second-order valence-corrected chi connectivity index (χ2v) is 8.56. The maximum atomic E-state index is 12.4. The molecule has 4 nitrogen and oxygen atoms in total.